The molecular formula is C45H59N3O6. The Balaban J connectivity index is 2.15. The van der Waals surface area contributed by atoms with Crippen LogP contribution in [0.3, 0.4) is 0 Å². The first kappa shape index (κ1) is 43.3. The van der Waals surface area contributed by atoms with Crippen molar-refractivity contribution in [1.29, 1.82) is 0 Å². The highest BCUT2D eigenvalue weighted by Crippen LogP contribution is 2.28. The van der Waals surface area contributed by atoms with Gasteiger partial charge in [0.1, 0.15) is 29.3 Å². The maximum absolute atomic E-state index is 15.1. The molecular weight excluding hydrogens is 679 g/mol. The Kier molecular flexibility index (Phi) is 16.8. The second-order valence-electron chi connectivity index (χ2n) is 15.6. The molecule has 0 aliphatic rings. The summed E-state index contributed by atoms with van der Waals surface area (Å²) in [5, 5.41) is 5.78. The van der Waals surface area contributed by atoms with E-state index in [9.17, 15) is 14.4 Å². The summed E-state index contributed by atoms with van der Waals surface area (Å²) in [6.45, 7) is 12.9. The maximum Gasteiger partial charge on any atom is 0.408 e. The third kappa shape index (κ3) is 14.7. The summed E-state index contributed by atoms with van der Waals surface area (Å²) in [4.78, 5) is 58.5. The number of nitrogens with one attached hydrogen (secondary N) is 2. The van der Waals surface area contributed by atoms with Gasteiger partial charge in [0, 0.05) is 24.9 Å². The smallest absolute Gasteiger partial charge is 0.408 e. The van der Waals surface area contributed by atoms with Crippen LogP contribution in [0, 0.1) is 12.3 Å². The zero-order chi connectivity index (χ0) is 39.7. The fraction of sp³-hybridized carbons (Fsp3) is 0.467. The first-order valence-electron chi connectivity index (χ1n) is 19.1. The molecule has 9 nitrogen and oxygen atoms in total. The van der Waals surface area contributed by atoms with Crippen LogP contribution >= 0.6 is 0 Å². The van der Waals surface area contributed by atoms with Crippen molar-refractivity contribution in [3.05, 3.63) is 107 Å². The molecule has 0 aliphatic heterocycles. The number of terminal acetylenes is 1. The van der Waals surface area contributed by atoms with Crippen LogP contribution < -0.4 is 10.6 Å². The fourth-order valence-corrected chi connectivity index (χ4v) is 6.11. The van der Waals surface area contributed by atoms with E-state index in [-0.39, 0.29) is 19.4 Å². The summed E-state index contributed by atoms with van der Waals surface area (Å²) >= 11 is 0. The zero-order valence-electron chi connectivity index (χ0n) is 33.2. The number of amides is 3. The lowest BCUT2D eigenvalue weighted by Crippen LogP contribution is -2.55. The van der Waals surface area contributed by atoms with E-state index in [0.717, 1.165) is 43.2 Å². The Morgan fingerprint density at radius 3 is 1.76 bits per heavy atom. The lowest BCUT2D eigenvalue weighted by molar-refractivity contribution is -0.159. The molecule has 0 fully saturated rings. The van der Waals surface area contributed by atoms with Crippen LogP contribution in [0.25, 0.3) is 0 Å². The molecule has 54 heavy (non-hydrogen) atoms. The fourth-order valence-electron chi connectivity index (χ4n) is 6.11. The SMILES string of the molecule is C#Cc1ccccc1C(C(=O)NC(Cc1ccccc1)C(=O)OC(C)(C)C)N(CCCCCCCC)C(=O)C(Cc1ccccc1)NC(=O)OC(C)(C)C. The van der Waals surface area contributed by atoms with E-state index in [2.05, 4.69) is 23.5 Å². The molecule has 0 aliphatic carbocycles. The van der Waals surface area contributed by atoms with Crippen molar-refractivity contribution >= 4 is 23.9 Å². The minimum Gasteiger partial charge on any atom is -0.458 e. The molecule has 0 saturated carbocycles. The van der Waals surface area contributed by atoms with E-state index >= 15 is 4.79 Å². The zero-order valence-corrected chi connectivity index (χ0v) is 33.2. The van der Waals surface area contributed by atoms with Crippen LogP contribution in [-0.2, 0) is 36.7 Å². The minimum absolute atomic E-state index is 0.144. The van der Waals surface area contributed by atoms with E-state index < -0.39 is 53.2 Å². The van der Waals surface area contributed by atoms with Crippen LogP contribution in [0.4, 0.5) is 4.79 Å². The van der Waals surface area contributed by atoms with Crippen LogP contribution in [-0.4, -0.2) is 58.6 Å². The average molecular weight is 738 g/mol. The Morgan fingerprint density at radius 2 is 1.20 bits per heavy atom. The van der Waals surface area contributed by atoms with Gasteiger partial charge in [-0.2, -0.15) is 0 Å². The van der Waals surface area contributed by atoms with Crippen molar-refractivity contribution in [3.8, 4) is 12.3 Å². The minimum atomic E-state index is -1.25. The van der Waals surface area contributed by atoms with Gasteiger partial charge in [-0.3, -0.25) is 9.59 Å². The molecule has 3 unspecified atom stereocenters. The van der Waals surface area contributed by atoms with Crippen LogP contribution in [0.15, 0.2) is 84.9 Å². The van der Waals surface area contributed by atoms with E-state index in [1.165, 1.54) is 4.90 Å². The van der Waals surface area contributed by atoms with Gasteiger partial charge in [0.25, 0.3) is 0 Å². The Bertz CT molecular complexity index is 1690. The van der Waals surface area contributed by atoms with Crippen molar-refractivity contribution in [2.24, 2.45) is 0 Å². The van der Waals surface area contributed by atoms with Crippen LogP contribution in [0.2, 0.25) is 0 Å². The summed E-state index contributed by atoms with van der Waals surface area (Å²) in [5.41, 5.74) is 0.851. The van der Waals surface area contributed by atoms with E-state index in [1.54, 1.807) is 65.8 Å². The van der Waals surface area contributed by atoms with Gasteiger partial charge >= 0.3 is 12.1 Å². The molecule has 0 spiro atoms. The molecule has 3 atom stereocenters. The largest absolute Gasteiger partial charge is 0.458 e. The predicted octanol–water partition coefficient (Wildman–Crippen LogP) is 8.10. The molecule has 0 aromatic heterocycles. The molecule has 2 N–H and O–H groups in total. The number of hydrogen-bond donors (Lipinski definition) is 2. The maximum atomic E-state index is 15.1. The van der Waals surface area contributed by atoms with Gasteiger partial charge in [0.2, 0.25) is 11.8 Å². The molecule has 3 aromatic rings. The van der Waals surface area contributed by atoms with Gasteiger partial charge in [0.15, 0.2) is 0 Å². The molecule has 0 bridgehead atoms. The van der Waals surface area contributed by atoms with Gasteiger partial charge in [-0.1, -0.05) is 124 Å². The number of hydrogen-bond acceptors (Lipinski definition) is 6. The summed E-state index contributed by atoms with van der Waals surface area (Å²) in [7, 11) is 0. The molecule has 3 amide bonds. The summed E-state index contributed by atoms with van der Waals surface area (Å²) in [6, 6.07) is 22.3. The van der Waals surface area contributed by atoms with Crippen LogP contribution in [0.5, 0.6) is 0 Å². The number of rotatable bonds is 18. The lowest BCUT2D eigenvalue weighted by Gasteiger charge is -2.36. The number of carbonyl (C=O) groups excluding carboxylic acids is 4. The number of carbonyl (C=O) groups is 4. The number of alkyl carbamates (subject to hydrolysis) is 1. The second-order valence-corrected chi connectivity index (χ2v) is 15.6. The molecule has 3 rings (SSSR count). The quantitative estimate of drug-likeness (QED) is 0.0775. The number of unbranched alkanes of at least 4 members (excludes halogenated alkanes) is 5. The van der Waals surface area contributed by atoms with Gasteiger partial charge < -0.3 is 25.0 Å². The van der Waals surface area contributed by atoms with E-state index in [1.807, 2.05) is 60.7 Å². The second kappa shape index (κ2) is 21.0. The average Bonchev–Trinajstić information content (AvgIpc) is 3.11. The number of nitrogens with zero attached hydrogens (tertiary/aromatic N) is 1. The summed E-state index contributed by atoms with van der Waals surface area (Å²) in [5.74, 6) is 1.00. The third-order valence-corrected chi connectivity index (χ3v) is 8.57. The standard InChI is InChI=1S/C45H59N3O6/c1-9-11-12-13-14-23-30-48(41(50)37(31-33-24-17-15-18-25-33)47-43(52)54-45(6,7)8)39(36-29-22-21-28-35(36)10-2)40(49)46-38(42(51)53-44(3,4)5)32-34-26-19-16-20-27-34/h2,15-22,24-29,37-39H,9,11-14,23,30-32H2,1,3-8H3,(H,46,49)(H,47,52). The number of benzene rings is 3. The van der Waals surface area contributed by atoms with Crippen LogP contribution in [0.1, 0.15) is 115 Å². The molecule has 290 valence electrons. The molecule has 0 radical (unpaired) electrons. The molecule has 0 saturated heterocycles. The highest BCUT2D eigenvalue weighted by Gasteiger charge is 2.39. The first-order valence-corrected chi connectivity index (χ1v) is 19.1. The highest BCUT2D eigenvalue weighted by atomic mass is 16.6. The number of esters is 1. The lowest BCUT2D eigenvalue weighted by atomic mass is 9.95. The monoisotopic (exact) mass is 737 g/mol. The van der Waals surface area contributed by atoms with E-state index in [4.69, 9.17) is 15.9 Å². The molecule has 3 aromatic carbocycles. The number of ether oxygens (including phenoxy) is 2. The van der Waals surface area contributed by atoms with Crippen molar-refractivity contribution in [2.45, 2.75) is 129 Å². The van der Waals surface area contributed by atoms with Gasteiger partial charge in [0.05, 0.1) is 0 Å². The van der Waals surface area contributed by atoms with Crippen molar-refractivity contribution in [2.75, 3.05) is 6.54 Å². The Morgan fingerprint density at radius 1 is 0.685 bits per heavy atom. The highest BCUT2D eigenvalue weighted by molar-refractivity contribution is 5.94. The van der Waals surface area contributed by atoms with Crippen molar-refractivity contribution in [1.82, 2.24) is 15.5 Å². The normalized spacial score (nSPS) is 13.1. The van der Waals surface area contributed by atoms with Crippen molar-refractivity contribution < 1.29 is 28.7 Å². The summed E-state index contributed by atoms with van der Waals surface area (Å²) < 4.78 is 11.4. The molecule has 0 heterocycles. The predicted molar refractivity (Wildman–Crippen MR) is 213 cm³/mol. The third-order valence-electron chi connectivity index (χ3n) is 8.57. The molecule has 9 heteroatoms. The summed E-state index contributed by atoms with van der Waals surface area (Å²) in [6.07, 6.45) is 11.2. The van der Waals surface area contributed by atoms with Gasteiger partial charge in [-0.05, 0) is 70.7 Å². The first-order chi connectivity index (χ1) is 25.6. The Labute approximate surface area is 322 Å². The van der Waals surface area contributed by atoms with Crippen molar-refractivity contribution in [3.63, 3.8) is 0 Å². The topological polar surface area (TPSA) is 114 Å². The Hall–Kier alpha value is -5.10. The van der Waals surface area contributed by atoms with E-state index in [0.29, 0.717) is 17.5 Å². The van der Waals surface area contributed by atoms with Gasteiger partial charge in [-0.15, -0.1) is 6.42 Å². The van der Waals surface area contributed by atoms with Gasteiger partial charge in [-0.25, -0.2) is 9.59 Å².